The second-order valence-corrected chi connectivity index (χ2v) is 8.78. The van der Waals surface area contributed by atoms with E-state index in [9.17, 15) is 13.2 Å². The molecule has 0 spiro atoms. The average Bonchev–Trinajstić information content (AvgIpc) is 3.32. The van der Waals surface area contributed by atoms with Crippen molar-refractivity contribution in [2.75, 3.05) is 32.4 Å². The largest absolute Gasteiger partial charge is 0.375 e. The van der Waals surface area contributed by atoms with Gasteiger partial charge in [0.1, 0.15) is 0 Å². The molecule has 0 aromatic rings. The third-order valence-electron chi connectivity index (χ3n) is 4.94. The molecular formula is C15H26N2O4S. The summed E-state index contributed by atoms with van der Waals surface area (Å²) in [4.78, 5) is 14.0. The smallest absolute Gasteiger partial charge is 0.225 e. The molecule has 2 heterocycles. The van der Waals surface area contributed by atoms with E-state index >= 15 is 0 Å². The predicted molar refractivity (Wildman–Crippen MR) is 82.8 cm³/mol. The maximum absolute atomic E-state index is 12.0. The van der Waals surface area contributed by atoms with E-state index in [0.29, 0.717) is 24.9 Å². The molecule has 0 unspecified atom stereocenters. The Morgan fingerprint density at radius 3 is 1.86 bits per heavy atom. The van der Waals surface area contributed by atoms with Gasteiger partial charge in [0.15, 0.2) is 0 Å². The van der Waals surface area contributed by atoms with Gasteiger partial charge in [-0.25, -0.2) is 12.7 Å². The van der Waals surface area contributed by atoms with Crippen LogP contribution in [0.4, 0.5) is 0 Å². The number of piperidine rings is 2. The molecule has 6 nitrogen and oxygen atoms in total. The van der Waals surface area contributed by atoms with Gasteiger partial charge in [0.05, 0.1) is 18.5 Å². The van der Waals surface area contributed by atoms with Crippen molar-refractivity contribution in [3.63, 3.8) is 0 Å². The molecule has 0 aromatic carbocycles. The Bertz CT molecular complexity index is 502. The maximum atomic E-state index is 12.0. The summed E-state index contributed by atoms with van der Waals surface area (Å²) < 4.78 is 30.7. The lowest BCUT2D eigenvalue weighted by atomic mass is 10.0. The van der Waals surface area contributed by atoms with Crippen molar-refractivity contribution in [1.29, 1.82) is 0 Å². The first-order chi connectivity index (χ1) is 10.4. The molecule has 0 aromatic heterocycles. The zero-order chi connectivity index (χ0) is 15.7. The average molecular weight is 330 g/mol. The van der Waals surface area contributed by atoms with Crippen molar-refractivity contribution in [2.24, 2.45) is 5.92 Å². The number of carbonyl (C=O) groups excluding carboxylic acids is 1. The minimum atomic E-state index is -3.07. The van der Waals surface area contributed by atoms with Crippen LogP contribution in [0.1, 0.15) is 38.5 Å². The molecule has 1 saturated carbocycles. The third-order valence-corrected chi connectivity index (χ3v) is 6.24. The summed E-state index contributed by atoms with van der Waals surface area (Å²) in [5, 5.41) is 0. The number of nitrogens with zero attached hydrogens (tertiary/aromatic N) is 2. The van der Waals surface area contributed by atoms with E-state index in [1.165, 1.54) is 10.6 Å². The Morgan fingerprint density at radius 1 is 0.909 bits per heavy atom. The Kier molecular flexibility index (Phi) is 4.75. The number of likely N-dealkylation sites (tertiary alicyclic amines) is 1. The molecule has 126 valence electrons. The molecular weight excluding hydrogens is 304 g/mol. The summed E-state index contributed by atoms with van der Waals surface area (Å²) in [6, 6.07) is 0. The Balaban J connectivity index is 1.39. The number of amides is 1. The van der Waals surface area contributed by atoms with Gasteiger partial charge < -0.3 is 9.64 Å². The van der Waals surface area contributed by atoms with Crippen molar-refractivity contribution in [1.82, 2.24) is 9.21 Å². The van der Waals surface area contributed by atoms with Crippen molar-refractivity contribution in [3.05, 3.63) is 0 Å². The molecule has 7 heteroatoms. The Hall–Kier alpha value is -0.660. The van der Waals surface area contributed by atoms with Crippen LogP contribution in [0.5, 0.6) is 0 Å². The van der Waals surface area contributed by atoms with Gasteiger partial charge in [0, 0.05) is 32.1 Å². The summed E-state index contributed by atoms with van der Waals surface area (Å²) in [6.07, 6.45) is 7.13. The summed E-state index contributed by atoms with van der Waals surface area (Å²) in [7, 11) is -3.07. The van der Waals surface area contributed by atoms with E-state index in [1.54, 1.807) is 0 Å². The normalized spacial score (nSPS) is 26.3. The summed E-state index contributed by atoms with van der Waals surface area (Å²) in [5.74, 6) is 0.637. The molecule has 2 aliphatic heterocycles. The minimum Gasteiger partial charge on any atom is -0.375 e. The number of ether oxygens (including phenoxy) is 1. The fourth-order valence-corrected chi connectivity index (χ4v) is 4.25. The summed E-state index contributed by atoms with van der Waals surface area (Å²) in [5.41, 5.74) is 0. The van der Waals surface area contributed by atoms with Crippen LogP contribution in [0, 0.1) is 5.92 Å². The minimum absolute atomic E-state index is 0.161. The van der Waals surface area contributed by atoms with Gasteiger partial charge in [-0.3, -0.25) is 4.79 Å². The molecule has 3 aliphatic rings. The highest BCUT2D eigenvalue weighted by Crippen LogP contribution is 2.32. The van der Waals surface area contributed by atoms with Gasteiger partial charge in [-0.2, -0.15) is 0 Å². The number of hydrogen-bond acceptors (Lipinski definition) is 4. The number of rotatable bonds is 4. The van der Waals surface area contributed by atoms with Crippen LogP contribution in [0.3, 0.4) is 0 Å². The fourth-order valence-electron chi connectivity index (χ4n) is 3.37. The van der Waals surface area contributed by atoms with Crippen LogP contribution in [-0.4, -0.2) is 68.2 Å². The van der Waals surface area contributed by atoms with Gasteiger partial charge in [-0.1, -0.05) is 0 Å². The van der Waals surface area contributed by atoms with Gasteiger partial charge in [-0.15, -0.1) is 0 Å². The van der Waals surface area contributed by atoms with Crippen molar-refractivity contribution < 1.29 is 17.9 Å². The highest BCUT2D eigenvalue weighted by atomic mass is 32.2. The van der Waals surface area contributed by atoms with E-state index in [4.69, 9.17) is 4.74 Å². The lowest BCUT2D eigenvalue weighted by Crippen LogP contribution is -2.45. The highest BCUT2D eigenvalue weighted by Gasteiger charge is 2.35. The van der Waals surface area contributed by atoms with Gasteiger partial charge in [0.2, 0.25) is 15.9 Å². The van der Waals surface area contributed by atoms with Crippen LogP contribution in [0.25, 0.3) is 0 Å². The van der Waals surface area contributed by atoms with Crippen LogP contribution in [0.15, 0.2) is 0 Å². The van der Waals surface area contributed by atoms with Crippen LogP contribution in [-0.2, 0) is 19.6 Å². The molecule has 0 N–H and O–H groups in total. The van der Waals surface area contributed by atoms with E-state index in [0.717, 1.165) is 51.6 Å². The zero-order valence-electron chi connectivity index (χ0n) is 13.2. The monoisotopic (exact) mass is 330 g/mol. The first kappa shape index (κ1) is 16.2. The quantitative estimate of drug-likeness (QED) is 0.766. The van der Waals surface area contributed by atoms with Crippen LogP contribution >= 0.6 is 0 Å². The standard InChI is InChI=1S/C15H26N2O4S/c1-22(19,20)17-10-6-14(7-11-17)21-13-4-8-16(9-5-13)15(18)12-2-3-12/h12-14H,2-11H2,1H3. The summed E-state index contributed by atoms with van der Waals surface area (Å²) >= 11 is 0. The first-order valence-electron chi connectivity index (χ1n) is 8.33. The molecule has 0 atom stereocenters. The molecule has 1 amide bonds. The Labute approximate surface area is 132 Å². The van der Waals surface area contributed by atoms with E-state index in [2.05, 4.69) is 0 Å². The molecule has 0 bridgehead atoms. The van der Waals surface area contributed by atoms with E-state index in [-0.39, 0.29) is 12.2 Å². The summed E-state index contributed by atoms with van der Waals surface area (Å²) in [6.45, 7) is 2.73. The number of hydrogen-bond donors (Lipinski definition) is 0. The Morgan fingerprint density at radius 2 is 1.41 bits per heavy atom. The van der Waals surface area contributed by atoms with E-state index in [1.807, 2.05) is 4.90 Å². The number of carbonyl (C=O) groups is 1. The van der Waals surface area contributed by atoms with E-state index < -0.39 is 10.0 Å². The zero-order valence-corrected chi connectivity index (χ0v) is 14.1. The molecule has 3 rings (SSSR count). The molecule has 0 radical (unpaired) electrons. The second-order valence-electron chi connectivity index (χ2n) is 6.80. The van der Waals surface area contributed by atoms with Crippen molar-refractivity contribution >= 4 is 15.9 Å². The topological polar surface area (TPSA) is 66.9 Å². The van der Waals surface area contributed by atoms with Crippen LogP contribution < -0.4 is 0 Å². The third kappa shape index (κ3) is 4.00. The highest BCUT2D eigenvalue weighted by molar-refractivity contribution is 7.88. The lowest BCUT2D eigenvalue weighted by Gasteiger charge is -2.36. The predicted octanol–water partition coefficient (Wildman–Crippen LogP) is 0.828. The molecule has 3 fully saturated rings. The van der Waals surface area contributed by atoms with Crippen molar-refractivity contribution in [2.45, 2.75) is 50.7 Å². The molecule has 22 heavy (non-hydrogen) atoms. The van der Waals surface area contributed by atoms with Gasteiger partial charge in [0.25, 0.3) is 0 Å². The van der Waals surface area contributed by atoms with Gasteiger partial charge >= 0.3 is 0 Å². The molecule has 2 saturated heterocycles. The van der Waals surface area contributed by atoms with Gasteiger partial charge in [-0.05, 0) is 38.5 Å². The SMILES string of the molecule is CS(=O)(=O)N1CCC(OC2CCN(C(=O)C3CC3)CC2)CC1. The maximum Gasteiger partial charge on any atom is 0.225 e. The molecule has 1 aliphatic carbocycles. The lowest BCUT2D eigenvalue weighted by molar-refractivity contribution is -0.136. The van der Waals surface area contributed by atoms with Crippen LogP contribution in [0.2, 0.25) is 0 Å². The first-order valence-corrected chi connectivity index (χ1v) is 10.2. The number of sulfonamides is 1. The fraction of sp³-hybridized carbons (Fsp3) is 0.933. The second kappa shape index (κ2) is 6.45. The van der Waals surface area contributed by atoms with Crippen molar-refractivity contribution in [3.8, 4) is 0 Å².